The number of hydrogen-bond acceptors (Lipinski definition) is 8. The van der Waals surface area contributed by atoms with Crippen molar-refractivity contribution in [2.24, 2.45) is 0 Å². The number of amides is 1. The Labute approximate surface area is 160 Å². The second kappa shape index (κ2) is 10.0. The van der Waals surface area contributed by atoms with E-state index in [1.54, 1.807) is 37.1 Å². The van der Waals surface area contributed by atoms with Gasteiger partial charge in [0.05, 0.1) is 21.3 Å². The van der Waals surface area contributed by atoms with Crippen molar-refractivity contribution in [1.29, 1.82) is 0 Å². The molecule has 7 nitrogen and oxygen atoms in total. The third kappa shape index (κ3) is 5.12. The van der Waals surface area contributed by atoms with Crippen molar-refractivity contribution in [3.05, 3.63) is 23.8 Å². The van der Waals surface area contributed by atoms with Crippen LogP contribution in [-0.4, -0.2) is 43.2 Å². The van der Waals surface area contributed by atoms with E-state index in [1.165, 1.54) is 31.6 Å². The van der Waals surface area contributed by atoms with Gasteiger partial charge in [0.1, 0.15) is 0 Å². The number of anilines is 1. The maximum absolute atomic E-state index is 12.1. The molecule has 140 valence electrons. The van der Waals surface area contributed by atoms with E-state index in [4.69, 9.17) is 14.2 Å². The molecular formula is C17H21N3O4S2. The van der Waals surface area contributed by atoms with E-state index < -0.39 is 0 Å². The SMILES string of the molecule is CCCSc1nnc(NC(=O)C=Cc2ccc(OC)c(OC)c2OC)s1. The Morgan fingerprint density at radius 2 is 1.96 bits per heavy atom. The molecule has 0 aliphatic rings. The fraction of sp³-hybridized carbons (Fsp3) is 0.353. The highest BCUT2D eigenvalue weighted by Crippen LogP contribution is 2.40. The molecule has 0 aliphatic carbocycles. The predicted molar refractivity (Wildman–Crippen MR) is 105 cm³/mol. The molecule has 1 N–H and O–H groups in total. The van der Waals surface area contributed by atoms with Gasteiger partial charge in [-0.1, -0.05) is 30.0 Å². The van der Waals surface area contributed by atoms with Gasteiger partial charge >= 0.3 is 0 Å². The zero-order chi connectivity index (χ0) is 18.9. The quantitative estimate of drug-likeness (QED) is 0.394. The summed E-state index contributed by atoms with van der Waals surface area (Å²) in [5.74, 6) is 2.19. The highest BCUT2D eigenvalue weighted by Gasteiger charge is 2.14. The molecule has 0 atom stereocenters. The van der Waals surface area contributed by atoms with E-state index in [0.29, 0.717) is 27.9 Å². The van der Waals surface area contributed by atoms with E-state index in [2.05, 4.69) is 22.4 Å². The number of rotatable bonds is 9. The van der Waals surface area contributed by atoms with Crippen LogP contribution in [0, 0.1) is 0 Å². The molecule has 9 heteroatoms. The lowest BCUT2D eigenvalue weighted by atomic mass is 10.1. The number of nitrogens with one attached hydrogen (secondary N) is 1. The zero-order valence-electron chi connectivity index (χ0n) is 15.1. The van der Waals surface area contributed by atoms with Gasteiger partial charge in [-0.05, 0) is 24.6 Å². The summed E-state index contributed by atoms with van der Waals surface area (Å²) in [6, 6.07) is 3.54. The largest absolute Gasteiger partial charge is 0.493 e. The summed E-state index contributed by atoms with van der Waals surface area (Å²) in [6.45, 7) is 2.10. The summed E-state index contributed by atoms with van der Waals surface area (Å²) >= 11 is 2.98. The van der Waals surface area contributed by atoms with Gasteiger partial charge in [-0.2, -0.15) is 0 Å². The first-order chi connectivity index (χ1) is 12.6. The number of thioether (sulfide) groups is 1. The summed E-state index contributed by atoms with van der Waals surface area (Å²) in [6.07, 6.45) is 4.11. The van der Waals surface area contributed by atoms with E-state index in [1.807, 2.05) is 0 Å². The molecule has 0 bridgehead atoms. The van der Waals surface area contributed by atoms with Crippen molar-refractivity contribution < 1.29 is 19.0 Å². The number of methoxy groups -OCH3 is 3. The number of ether oxygens (including phenoxy) is 3. The summed E-state index contributed by atoms with van der Waals surface area (Å²) in [5, 5.41) is 11.2. The minimum atomic E-state index is -0.301. The molecule has 0 spiro atoms. The molecular weight excluding hydrogens is 374 g/mol. The first-order valence-electron chi connectivity index (χ1n) is 7.87. The number of benzene rings is 1. The fourth-order valence-electron chi connectivity index (χ4n) is 2.08. The highest BCUT2D eigenvalue weighted by molar-refractivity contribution is 8.01. The Morgan fingerprint density at radius 3 is 2.62 bits per heavy atom. The van der Waals surface area contributed by atoms with Crippen molar-refractivity contribution in [3.8, 4) is 17.2 Å². The van der Waals surface area contributed by atoms with Crippen LogP contribution in [0.1, 0.15) is 18.9 Å². The van der Waals surface area contributed by atoms with Gasteiger partial charge < -0.3 is 14.2 Å². The minimum absolute atomic E-state index is 0.301. The van der Waals surface area contributed by atoms with Crippen molar-refractivity contribution in [2.75, 3.05) is 32.4 Å². The Balaban J connectivity index is 2.09. The summed E-state index contributed by atoms with van der Waals surface area (Å²) in [4.78, 5) is 12.1. The average Bonchev–Trinajstić information content (AvgIpc) is 3.10. The van der Waals surface area contributed by atoms with Crippen LogP contribution >= 0.6 is 23.1 Å². The van der Waals surface area contributed by atoms with E-state index in [0.717, 1.165) is 16.5 Å². The first-order valence-corrected chi connectivity index (χ1v) is 9.67. The molecule has 26 heavy (non-hydrogen) atoms. The van der Waals surface area contributed by atoms with Gasteiger partial charge in [0.2, 0.25) is 16.8 Å². The van der Waals surface area contributed by atoms with Crippen LogP contribution in [0.5, 0.6) is 17.2 Å². The van der Waals surface area contributed by atoms with E-state index in [9.17, 15) is 4.79 Å². The van der Waals surface area contributed by atoms with Crippen LogP contribution in [0.25, 0.3) is 6.08 Å². The Hall–Kier alpha value is -2.26. The molecule has 1 amide bonds. The Kier molecular flexibility index (Phi) is 7.73. The molecule has 1 aromatic heterocycles. The summed E-state index contributed by atoms with van der Waals surface area (Å²) < 4.78 is 16.8. The van der Waals surface area contributed by atoms with Crippen LogP contribution < -0.4 is 19.5 Å². The van der Waals surface area contributed by atoms with Crippen molar-refractivity contribution in [2.45, 2.75) is 17.7 Å². The molecule has 0 unspecified atom stereocenters. The topological polar surface area (TPSA) is 82.6 Å². The molecule has 1 aromatic carbocycles. The number of carbonyl (C=O) groups excluding carboxylic acids is 1. The second-order valence-electron chi connectivity index (χ2n) is 4.97. The average molecular weight is 396 g/mol. The van der Waals surface area contributed by atoms with Gasteiger partial charge in [0.25, 0.3) is 0 Å². The first kappa shape index (κ1) is 20.1. The third-order valence-corrected chi connectivity index (χ3v) is 5.39. The second-order valence-corrected chi connectivity index (χ2v) is 7.29. The number of aromatic nitrogens is 2. The normalized spacial score (nSPS) is 10.8. The van der Waals surface area contributed by atoms with Gasteiger partial charge in [-0.3, -0.25) is 10.1 Å². The summed E-state index contributed by atoms with van der Waals surface area (Å²) in [5.41, 5.74) is 0.691. The predicted octanol–water partition coefficient (Wildman–Crippen LogP) is 3.72. The van der Waals surface area contributed by atoms with E-state index >= 15 is 0 Å². The standard InChI is InChI=1S/C17H21N3O4S2/c1-5-10-25-17-20-19-16(26-17)18-13(21)9-7-11-6-8-12(22-2)15(24-4)14(11)23-3/h6-9H,5,10H2,1-4H3,(H,18,19,21). The minimum Gasteiger partial charge on any atom is -0.493 e. The van der Waals surface area contributed by atoms with Crippen LogP contribution in [-0.2, 0) is 4.79 Å². The maximum atomic E-state index is 12.1. The van der Waals surface area contributed by atoms with Crippen molar-refractivity contribution in [3.63, 3.8) is 0 Å². The molecule has 2 aromatic rings. The zero-order valence-corrected chi connectivity index (χ0v) is 16.7. The number of hydrogen-bond donors (Lipinski definition) is 1. The molecule has 1 heterocycles. The lowest BCUT2D eigenvalue weighted by Crippen LogP contribution is -2.07. The van der Waals surface area contributed by atoms with Crippen LogP contribution in [0.2, 0.25) is 0 Å². The molecule has 0 saturated carbocycles. The molecule has 2 rings (SSSR count). The smallest absolute Gasteiger partial charge is 0.250 e. The van der Waals surface area contributed by atoms with Crippen LogP contribution in [0.15, 0.2) is 22.5 Å². The van der Waals surface area contributed by atoms with Crippen LogP contribution in [0.4, 0.5) is 5.13 Å². The number of nitrogens with zero attached hydrogens (tertiary/aromatic N) is 2. The maximum Gasteiger partial charge on any atom is 0.250 e. The monoisotopic (exact) mass is 395 g/mol. The Morgan fingerprint density at radius 1 is 1.19 bits per heavy atom. The molecule has 0 fully saturated rings. The van der Waals surface area contributed by atoms with Crippen LogP contribution in [0.3, 0.4) is 0 Å². The van der Waals surface area contributed by atoms with Gasteiger partial charge in [-0.15, -0.1) is 10.2 Å². The lowest BCUT2D eigenvalue weighted by Gasteiger charge is -2.13. The van der Waals surface area contributed by atoms with Crippen molar-refractivity contribution >= 4 is 40.2 Å². The van der Waals surface area contributed by atoms with Gasteiger partial charge in [0, 0.05) is 17.4 Å². The molecule has 0 aliphatic heterocycles. The lowest BCUT2D eigenvalue weighted by molar-refractivity contribution is -0.111. The van der Waals surface area contributed by atoms with Gasteiger partial charge in [-0.25, -0.2) is 0 Å². The molecule has 0 radical (unpaired) electrons. The Bertz CT molecular complexity index is 777. The molecule has 0 saturated heterocycles. The van der Waals surface area contributed by atoms with Gasteiger partial charge in [0.15, 0.2) is 15.8 Å². The third-order valence-electron chi connectivity index (χ3n) is 3.22. The summed E-state index contributed by atoms with van der Waals surface area (Å²) in [7, 11) is 4.62. The van der Waals surface area contributed by atoms with Crippen molar-refractivity contribution in [1.82, 2.24) is 10.2 Å². The van der Waals surface area contributed by atoms with E-state index in [-0.39, 0.29) is 5.91 Å². The fourth-order valence-corrected chi connectivity index (χ4v) is 3.76. The highest BCUT2D eigenvalue weighted by atomic mass is 32.2. The number of carbonyl (C=O) groups is 1.